The normalized spacial score (nSPS) is 9.79. The van der Waals surface area contributed by atoms with Gasteiger partial charge in [-0.3, -0.25) is 4.98 Å². The molecule has 4 heteroatoms. The molecule has 1 rings (SSSR count). The first-order chi connectivity index (χ1) is 6.70. The summed E-state index contributed by atoms with van der Waals surface area (Å²) in [5.41, 5.74) is 0.444. The van der Waals surface area contributed by atoms with Crippen LogP contribution in [0.5, 0.6) is 0 Å². The Morgan fingerprint density at radius 2 is 2.43 bits per heavy atom. The topological polar surface area (TPSA) is 46.0 Å². The summed E-state index contributed by atoms with van der Waals surface area (Å²) >= 11 is 0. The average molecular weight is 195 g/mol. The minimum atomic E-state index is -0.316. The number of aryl methyl sites for hydroxylation is 1. The zero-order valence-electron chi connectivity index (χ0n) is 8.32. The average Bonchev–Trinajstić information content (AvgIpc) is 2.64. The van der Waals surface area contributed by atoms with Gasteiger partial charge in [0, 0.05) is 12.0 Å². The molecule has 14 heavy (non-hydrogen) atoms. The van der Waals surface area contributed by atoms with E-state index in [9.17, 15) is 4.79 Å². The number of nitrogens with one attached hydrogen (secondary N) is 1. The lowest BCUT2D eigenvalue weighted by Crippen LogP contribution is -2.31. The Labute approximate surface area is 83.2 Å². The number of hydrogen-bond acceptors (Lipinski definition) is 2. The molecule has 1 heterocycles. The fraction of sp³-hybridized carbons (Fsp3) is 0.400. The second-order valence-corrected chi connectivity index (χ2v) is 3.12. The maximum atomic E-state index is 11.0. The fourth-order valence-corrected chi connectivity index (χ4v) is 0.995. The molecule has 0 atom stereocenters. The highest BCUT2D eigenvalue weighted by molar-refractivity contribution is 5.86. The molecule has 0 aliphatic carbocycles. The summed E-state index contributed by atoms with van der Waals surface area (Å²) in [7, 11) is 0. The quantitative estimate of drug-likeness (QED) is 0.327. The van der Waals surface area contributed by atoms with E-state index in [0.717, 1.165) is 13.0 Å². The smallest absolute Gasteiger partial charge is 0.333 e. The van der Waals surface area contributed by atoms with E-state index in [1.54, 1.807) is 6.92 Å². The van der Waals surface area contributed by atoms with Crippen LogP contribution in [-0.4, -0.2) is 17.6 Å². The van der Waals surface area contributed by atoms with Crippen molar-refractivity contribution in [3.05, 3.63) is 30.9 Å². The van der Waals surface area contributed by atoms with Gasteiger partial charge in [-0.1, -0.05) is 6.58 Å². The van der Waals surface area contributed by atoms with Gasteiger partial charge in [0.1, 0.15) is 12.4 Å². The number of H-pyrrole nitrogens is 1. The predicted molar refractivity (Wildman–Crippen MR) is 51.4 cm³/mol. The number of imidazole rings is 1. The predicted octanol–water partition coefficient (Wildman–Crippen LogP) is 0.812. The third-order valence-corrected chi connectivity index (χ3v) is 1.74. The summed E-state index contributed by atoms with van der Waals surface area (Å²) in [6, 6.07) is 0. The highest BCUT2D eigenvalue weighted by Crippen LogP contribution is 1.93. The Balaban J connectivity index is 2.11. The van der Waals surface area contributed by atoms with Crippen molar-refractivity contribution in [2.75, 3.05) is 6.61 Å². The van der Waals surface area contributed by atoms with Crippen molar-refractivity contribution >= 4 is 5.97 Å². The van der Waals surface area contributed by atoms with Gasteiger partial charge in [-0.05, 0) is 6.92 Å². The Morgan fingerprint density at radius 3 is 3.00 bits per heavy atom. The zero-order valence-corrected chi connectivity index (χ0v) is 8.32. The van der Waals surface area contributed by atoms with Crippen molar-refractivity contribution < 1.29 is 14.1 Å². The van der Waals surface area contributed by atoms with E-state index in [-0.39, 0.29) is 5.97 Å². The number of carbonyl (C=O) groups is 1. The Kier molecular flexibility index (Phi) is 3.91. The Bertz CT molecular complexity index is 304. The maximum Gasteiger partial charge on any atom is 0.333 e. The lowest BCUT2D eigenvalue weighted by Gasteiger charge is -2.02. The molecule has 0 aliphatic heterocycles. The first-order valence-corrected chi connectivity index (χ1v) is 4.54. The van der Waals surface area contributed by atoms with Crippen LogP contribution >= 0.6 is 0 Å². The van der Waals surface area contributed by atoms with Gasteiger partial charge < -0.3 is 4.74 Å². The van der Waals surface area contributed by atoms with Crippen LogP contribution in [0.4, 0.5) is 0 Å². The number of aromatic nitrogens is 2. The molecule has 0 aliphatic rings. The monoisotopic (exact) mass is 195 g/mol. The van der Waals surface area contributed by atoms with Gasteiger partial charge in [0.25, 0.3) is 0 Å². The fourth-order valence-electron chi connectivity index (χ4n) is 0.995. The molecule has 4 nitrogen and oxygen atoms in total. The summed E-state index contributed by atoms with van der Waals surface area (Å²) in [6.45, 7) is 6.42. The van der Waals surface area contributed by atoms with Gasteiger partial charge in [0.05, 0.1) is 13.2 Å². The number of carbonyl (C=O) groups excluding carboxylic acids is 1. The van der Waals surface area contributed by atoms with Crippen LogP contribution in [0.2, 0.25) is 0 Å². The van der Waals surface area contributed by atoms with Crippen LogP contribution in [0.3, 0.4) is 0 Å². The molecule has 0 amide bonds. The summed E-state index contributed by atoms with van der Waals surface area (Å²) in [5.74, 6) is -0.316. The van der Waals surface area contributed by atoms with Gasteiger partial charge in [-0.25, -0.2) is 9.36 Å². The lowest BCUT2D eigenvalue weighted by atomic mass is 10.3. The number of esters is 1. The van der Waals surface area contributed by atoms with Crippen molar-refractivity contribution in [3.8, 4) is 0 Å². The minimum absolute atomic E-state index is 0.316. The van der Waals surface area contributed by atoms with E-state index in [4.69, 9.17) is 4.74 Å². The molecule has 1 aromatic heterocycles. The van der Waals surface area contributed by atoms with E-state index in [1.165, 1.54) is 0 Å². The van der Waals surface area contributed by atoms with Crippen LogP contribution in [0.25, 0.3) is 0 Å². The summed E-state index contributed by atoms with van der Waals surface area (Å²) in [4.78, 5) is 13.9. The standard InChI is InChI=1S/C10H14N2O2/c1-9(2)10(13)14-7-3-5-12-6-4-11-8-12/h4,6,8H,1,3,5,7H2,2H3/p+1. The molecule has 1 aromatic rings. The van der Waals surface area contributed by atoms with Gasteiger partial charge in [-0.2, -0.15) is 0 Å². The van der Waals surface area contributed by atoms with Crippen molar-refractivity contribution in [1.82, 2.24) is 4.98 Å². The molecule has 0 spiro atoms. The third kappa shape index (κ3) is 3.43. The van der Waals surface area contributed by atoms with Crippen molar-refractivity contribution in [2.45, 2.75) is 19.9 Å². The number of rotatable bonds is 5. The van der Waals surface area contributed by atoms with Crippen LogP contribution in [0.15, 0.2) is 30.9 Å². The largest absolute Gasteiger partial charge is 0.462 e. The van der Waals surface area contributed by atoms with E-state index in [1.807, 2.05) is 23.3 Å². The first-order valence-electron chi connectivity index (χ1n) is 4.54. The van der Waals surface area contributed by atoms with Gasteiger partial charge >= 0.3 is 5.97 Å². The van der Waals surface area contributed by atoms with Crippen molar-refractivity contribution in [1.29, 1.82) is 0 Å². The second-order valence-electron chi connectivity index (χ2n) is 3.12. The highest BCUT2D eigenvalue weighted by atomic mass is 16.5. The number of nitrogens with zero attached hydrogens (tertiary/aromatic N) is 1. The molecule has 0 bridgehead atoms. The number of aromatic amines is 1. The van der Waals surface area contributed by atoms with Gasteiger partial charge in [0.2, 0.25) is 6.33 Å². The van der Waals surface area contributed by atoms with Crippen molar-refractivity contribution in [3.63, 3.8) is 0 Å². The minimum Gasteiger partial charge on any atom is -0.462 e. The molecule has 0 saturated carbocycles. The van der Waals surface area contributed by atoms with E-state index >= 15 is 0 Å². The summed E-state index contributed by atoms with van der Waals surface area (Å²) in [6.07, 6.45) is 6.45. The molecule has 0 unspecified atom stereocenters. The maximum absolute atomic E-state index is 11.0. The molecule has 0 radical (unpaired) electrons. The third-order valence-electron chi connectivity index (χ3n) is 1.74. The van der Waals surface area contributed by atoms with E-state index in [0.29, 0.717) is 12.2 Å². The van der Waals surface area contributed by atoms with Gasteiger partial charge in [-0.15, -0.1) is 0 Å². The molecular formula is C10H15N2O2+. The molecule has 1 N–H and O–H groups in total. The van der Waals surface area contributed by atoms with Gasteiger partial charge in [0.15, 0.2) is 0 Å². The Morgan fingerprint density at radius 1 is 1.64 bits per heavy atom. The summed E-state index contributed by atoms with van der Waals surface area (Å²) < 4.78 is 6.93. The van der Waals surface area contributed by atoms with Crippen LogP contribution in [-0.2, 0) is 16.1 Å². The SMILES string of the molecule is C=C(C)C(=O)OCCC[n+]1cc[nH]c1. The van der Waals surface area contributed by atoms with Crippen molar-refractivity contribution in [2.24, 2.45) is 0 Å². The van der Waals surface area contributed by atoms with E-state index < -0.39 is 0 Å². The van der Waals surface area contributed by atoms with Crippen LogP contribution in [0.1, 0.15) is 13.3 Å². The molecule has 0 aromatic carbocycles. The van der Waals surface area contributed by atoms with Crippen LogP contribution < -0.4 is 4.57 Å². The number of ether oxygens (including phenoxy) is 1. The first kappa shape index (κ1) is 10.5. The molecular weight excluding hydrogens is 180 g/mol. The Hall–Kier alpha value is -1.58. The van der Waals surface area contributed by atoms with E-state index in [2.05, 4.69) is 11.6 Å². The number of hydrogen-bond donors (Lipinski definition) is 1. The zero-order chi connectivity index (χ0) is 10.4. The van der Waals surface area contributed by atoms with Crippen LogP contribution in [0, 0.1) is 0 Å². The highest BCUT2D eigenvalue weighted by Gasteiger charge is 2.02. The molecule has 0 fully saturated rings. The molecule has 0 saturated heterocycles. The lowest BCUT2D eigenvalue weighted by molar-refractivity contribution is -0.696. The molecule has 76 valence electrons. The second kappa shape index (κ2) is 5.21. The summed E-state index contributed by atoms with van der Waals surface area (Å²) in [5, 5.41) is 0.